The summed E-state index contributed by atoms with van der Waals surface area (Å²) in [7, 11) is -0.245. The van der Waals surface area contributed by atoms with Crippen LogP contribution in [0.5, 0.6) is 0 Å². The number of allylic oxidation sites excluding steroid dienone is 4. The van der Waals surface area contributed by atoms with Crippen LogP contribution in [-0.2, 0) is 0 Å². The van der Waals surface area contributed by atoms with Crippen molar-refractivity contribution in [3.63, 3.8) is 0 Å². The van der Waals surface area contributed by atoms with Gasteiger partial charge in [-0.1, -0.05) is 55.5 Å². The van der Waals surface area contributed by atoms with Crippen molar-refractivity contribution < 1.29 is 0 Å². The molecule has 1 N–H and O–H groups in total. The molecule has 116 valence electrons. The molecule has 0 amide bonds. The lowest BCUT2D eigenvalue weighted by molar-refractivity contribution is 0.772. The van der Waals surface area contributed by atoms with Crippen molar-refractivity contribution >= 4 is 25.0 Å². The Hall–Kier alpha value is -0.560. The van der Waals surface area contributed by atoms with E-state index in [9.17, 15) is 0 Å². The van der Waals surface area contributed by atoms with Crippen LogP contribution in [0.25, 0.3) is 0 Å². The third kappa shape index (κ3) is 7.31. The Bertz CT molecular complexity index is 428. The molecule has 0 fully saturated rings. The maximum Gasteiger partial charge on any atom is 0.00580 e. The van der Waals surface area contributed by atoms with E-state index in [-0.39, 0.29) is 7.92 Å². The van der Waals surface area contributed by atoms with Gasteiger partial charge in [-0.2, -0.15) is 11.8 Å². The average molecular weight is 321 g/mol. The number of hydrogen-bond donors (Lipinski definition) is 1. The lowest BCUT2D eigenvalue weighted by atomic mass is 10.4. The minimum absolute atomic E-state index is 0.245. The molecule has 1 unspecified atom stereocenters. The topological polar surface area (TPSA) is 12.0 Å². The Morgan fingerprint density at radius 1 is 1.19 bits per heavy atom. The first-order valence-electron chi connectivity index (χ1n) is 7.73. The van der Waals surface area contributed by atoms with Gasteiger partial charge in [0.15, 0.2) is 0 Å². The van der Waals surface area contributed by atoms with Crippen LogP contribution < -0.4 is 10.6 Å². The molecule has 0 bridgehead atoms. The second kappa shape index (κ2) is 12.0. The Labute approximate surface area is 136 Å². The van der Waals surface area contributed by atoms with Crippen molar-refractivity contribution in [2.75, 3.05) is 30.8 Å². The molecule has 1 aromatic rings. The van der Waals surface area contributed by atoms with E-state index in [0.717, 1.165) is 13.1 Å². The fraction of sp³-hybridized carbons (Fsp3) is 0.444. The Morgan fingerprint density at radius 3 is 2.57 bits per heavy atom. The predicted octanol–water partition coefficient (Wildman–Crippen LogP) is 4.62. The molecular formula is C18H28NPS. The van der Waals surface area contributed by atoms with E-state index in [1.807, 2.05) is 11.8 Å². The van der Waals surface area contributed by atoms with Gasteiger partial charge in [-0.15, -0.1) is 0 Å². The van der Waals surface area contributed by atoms with Gasteiger partial charge in [0, 0.05) is 12.3 Å². The van der Waals surface area contributed by atoms with E-state index in [4.69, 9.17) is 0 Å². The molecule has 0 spiro atoms. The van der Waals surface area contributed by atoms with Gasteiger partial charge in [0.2, 0.25) is 0 Å². The zero-order valence-electron chi connectivity index (χ0n) is 13.5. The van der Waals surface area contributed by atoms with Gasteiger partial charge in [-0.25, -0.2) is 0 Å². The van der Waals surface area contributed by atoms with Crippen molar-refractivity contribution in [3.8, 4) is 0 Å². The SMILES string of the molecule is C/C=C\C(=C/C)P(CCNCCSCC)c1ccccc1. The summed E-state index contributed by atoms with van der Waals surface area (Å²) in [5.41, 5.74) is 0. The van der Waals surface area contributed by atoms with Gasteiger partial charge in [0.1, 0.15) is 0 Å². The summed E-state index contributed by atoms with van der Waals surface area (Å²) < 4.78 is 0. The number of thioether (sulfide) groups is 1. The van der Waals surface area contributed by atoms with Gasteiger partial charge >= 0.3 is 0 Å². The molecule has 3 heteroatoms. The van der Waals surface area contributed by atoms with Crippen LogP contribution in [0.1, 0.15) is 20.8 Å². The summed E-state index contributed by atoms with van der Waals surface area (Å²) >= 11 is 2.00. The van der Waals surface area contributed by atoms with Crippen LogP contribution in [0.15, 0.2) is 53.9 Å². The summed E-state index contributed by atoms with van der Waals surface area (Å²) in [5, 5.41) is 6.54. The minimum Gasteiger partial charge on any atom is -0.316 e. The van der Waals surface area contributed by atoms with Crippen LogP contribution in [0.4, 0.5) is 0 Å². The molecule has 1 nitrogen and oxygen atoms in total. The lowest BCUT2D eigenvalue weighted by Crippen LogP contribution is -2.22. The van der Waals surface area contributed by atoms with Gasteiger partial charge in [0.25, 0.3) is 0 Å². The lowest BCUT2D eigenvalue weighted by Gasteiger charge is -2.20. The first-order chi connectivity index (χ1) is 10.3. The third-order valence-corrected chi connectivity index (χ3v) is 6.68. The van der Waals surface area contributed by atoms with Crippen molar-refractivity contribution in [2.45, 2.75) is 20.8 Å². The summed E-state index contributed by atoms with van der Waals surface area (Å²) in [5.74, 6) is 2.42. The van der Waals surface area contributed by atoms with Gasteiger partial charge in [0.05, 0.1) is 0 Å². The maximum absolute atomic E-state index is 3.59. The second-order valence-electron chi connectivity index (χ2n) is 4.65. The molecule has 0 saturated heterocycles. The quantitative estimate of drug-likeness (QED) is 0.383. The summed E-state index contributed by atoms with van der Waals surface area (Å²) in [6.45, 7) is 8.68. The highest BCUT2D eigenvalue weighted by Gasteiger charge is 2.13. The molecule has 0 aromatic heterocycles. The smallest absolute Gasteiger partial charge is 0.00580 e. The van der Waals surface area contributed by atoms with Crippen molar-refractivity contribution in [1.82, 2.24) is 5.32 Å². The molecule has 0 aliphatic rings. The monoisotopic (exact) mass is 321 g/mol. The maximum atomic E-state index is 3.59. The molecule has 1 aromatic carbocycles. The van der Waals surface area contributed by atoms with E-state index in [2.05, 4.69) is 74.6 Å². The molecular weight excluding hydrogens is 293 g/mol. The molecule has 0 radical (unpaired) electrons. The molecule has 1 rings (SSSR count). The predicted molar refractivity (Wildman–Crippen MR) is 102 cm³/mol. The van der Waals surface area contributed by atoms with Crippen molar-refractivity contribution in [3.05, 3.63) is 53.9 Å². The molecule has 0 saturated carbocycles. The summed E-state index contributed by atoms with van der Waals surface area (Å²) in [4.78, 5) is 0. The van der Waals surface area contributed by atoms with Gasteiger partial charge < -0.3 is 5.32 Å². The standard InChI is InChI=1S/C18H28NPS/c1-4-10-17(5-2)20(18-11-8-7-9-12-18)15-13-19-14-16-21-6-3/h4-5,7-12,19H,6,13-16H2,1-3H3/b10-4-,17-5+. The first kappa shape index (κ1) is 18.5. The minimum atomic E-state index is -0.245. The van der Waals surface area contributed by atoms with E-state index in [1.54, 1.807) is 0 Å². The summed E-state index contributed by atoms with van der Waals surface area (Å²) in [6.07, 6.45) is 7.90. The highest BCUT2D eigenvalue weighted by Crippen LogP contribution is 2.43. The summed E-state index contributed by atoms with van der Waals surface area (Å²) in [6, 6.07) is 10.9. The fourth-order valence-electron chi connectivity index (χ4n) is 2.13. The van der Waals surface area contributed by atoms with E-state index < -0.39 is 0 Å². The fourth-order valence-corrected chi connectivity index (χ4v) is 5.08. The van der Waals surface area contributed by atoms with Crippen LogP contribution in [0.2, 0.25) is 0 Å². The largest absolute Gasteiger partial charge is 0.316 e. The normalized spacial score (nSPS) is 13.8. The average Bonchev–Trinajstić information content (AvgIpc) is 2.53. The van der Waals surface area contributed by atoms with Crippen LogP contribution in [-0.4, -0.2) is 30.8 Å². The first-order valence-corrected chi connectivity index (χ1v) is 10.4. The zero-order valence-corrected chi connectivity index (χ0v) is 15.2. The molecule has 0 aliphatic carbocycles. The second-order valence-corrected chi connectivity index (χ2v) is 8.38. The molecule has 0 aliphatic heterocycles. The van der Waals surface area contributed by atoms with Crippen LogP contribution in [0.3, 0.4) is 0 Å². The zero-order chi connectivity index (χ0) is 15.3. The number of hydrogen-bond acceptors (Lipinski definition) is 2. The van der Waals surface area contributed by atoms with Gasteiger partial charge in [-0.05, 0) is 50.8 Å². The molecule has 21 heavy (non-hydrogen) atoms. The molecule has 0 heterocycles. The van der Waals surface area contributed by atoms with E-state index >= 15 is 0 Å². The van der Waals surface area contributed by atoms with E-state index in [0.29, 0.717) is 0 Å². The van der Waals surface area contributed by atoms with Crippen LogP contribution in [0, 0.1) is 0 Å². The van der Waals surface area contributed by atoms with Crippen LogP contribution >= 0.6 is 19.7 Å². The van der Waals surface area contributed by atoms with E-state index in [1.165, 1.54) is 28.3 Å². The number of nitrogens with one attached hydrogen (secondary N) is 1. The van der Waals surface area contributed by atoms with Crippen molar-refractivity contribution in [2.24, 2.45) is 0 Å². The molecule has 1 atom stereocenters. The Kier molecular flexibility index (Phi) is 10.6. The van der Waals surface area contributed by atoms with Crippen molar-refractivity contribution in [1.29, 1.82) is 0 Å². The number of rotatable bonds is 10. The third-order valence-electron chi connectivity index (χ3n) is 3.15. The van der Waals surface area contributed by atoms with Gasteiger partial charge in [-0.3, -0.25) is 0 Å². The number of benzene rings is 1. The Morgan fingerprint density at radius 2 is 1.95 bits per heavy atom. The highest BCUT2D eigenvalue weighted by atomic mass is 32.2. The highest BCUT2D eigenvalue weighted by molar-refractivity contribution is 7.99. The Balaban J connectivity index is 2.61.